The van der Waals surface area contributed by atoms with Crippen LogP contribution in [0.4, 0.5) is 5.82 Å². The van der Waals surface area contributed by atoms with Crippen molar-refractivity contribution >= 4 is 11.7 Å². The molecular weight excluding hydrogens is 216 g/mol. The molecule has 5 heteroatoms. The molecule has 1 aliphatic carbocycles. The van der Waals surface area contributed by atoms with Crippen molar-refractivity contribution in [2.45, 2.75) is 38.6 Å². The van der Waals surface area contributed by atoms with E-state index in [1.165, 1.54) is 12.6 Å². The number of nitrogens with one attached hydrogen (secondary N) is 2. The van der Waals surface area contributed by atoms with E-state index in [1.54, 1.807) is 6.20 Å². The Morgan fingerprint density at radius 3 is 2.94 bits per heavy atom. The third-order valence-electron chi connectivity index (χ3n) is 2.86. The predicted molar refractivity (Wildman–Crippen MR) is 65.9 cm³/mol. The van der Waals surface area contributed by atoms with Crippen LogP contribution in [-0.2, 0) is 0 Å². The molecule has 5 nitrogen and oxygen atoms in total. The van der Waals surface area contributed by atoms with Crippen molar-refractivity contribution in [3.63, 3.8) is 0 Å². The molecule has 1 heterocycles. The molecule has 0 aromatic carbocycles. The van der Waals surface area contributed by atoms with E-state index in [0.29, 0.717) is 17.6 Å². The predicted octanol–water partition coefficient (Wildman–Crippen LogP) is 1.58. The highest BCUT2D eigenvalue weighted by Crippen LogP contribution is 2.18. The second-order valence-corrected chi connectivity index (χ2v) is 4.32. The Balaban J connectivity index is 1.96. The molecule has 0 radical (unpaired) electrons. The summed E-state index contributed by atoms with van der Waals surface area (Å²) in [6.07, 6.45) is 7.51. The van der Waals surface area contributed by atoms with Crippen molar-refractivity contribution in [2.75, 3.05) is 11.9 Å². The molecule has 1 fully saturated rings. The van der Waals surface area contributed by atoms with Gasteiger partial charge in [0.1, 0.15) is 11.5 Å². The Hall–Kier alpha value is -1.65. The number of carbonyl (C=O) groups is 1. The molecule has 0 bridgehead atoms. The van der Waals surface area contributed by atoms with Crippen molar-refractivity contribution in [1.82, 2.24) is 15.3 Å². The summed E-state index contributed by atoms with van der Waals surface area (Å²) in [5, 5.41) is 6.06. The van der Waals surface area contributed by atoms with Gasteiger partial charge in [0.25, 0.3) is 5.91 Å². The van der Waals surface area contributed by atoms with Crippen LogP contribution in [0.15, 0.2) is 12.4 Å². The zero-order chi connectivity index (χ0) is 12.1. The minimum atomic E-state index is -0.123. The van der Waals surface area contributed by atoms with Gasteiger partial charge < -0.3 is 10.6 Å². The minimum absolute atomic E-state index is 0.123. The smallest absolute Gasteiger partial charge is 0.271 e. The van der Waals surface area contributed by atoms with Crippen molar-refractivity contribution in [1.29, 1.82) is 0 Å². The van der Waals surface area contributed by atoms with E-state index >= 15 is 0 Å². The van der Waals surface area contributed by atoms with E-state index in [4.69, 9.17) is 0 Å². The standard InChI is InChI=1S/C12H18N4O/c1-2-6-14-11-8-13-7-10(16-11)12(17)15-9-4-3-5-9/h7-9H,2-6H2,1H3,(H,14,16)(H,15,17). The molecule has 2 N–H and O–H groups in total. The lowest BCUT2D eigenvalue weighted by Gasteiger charge is -2.26. The highest BCUT2D eigenvalue weighted by atomic mass is 16.1. The Bertz CT molecular complexity index is 390. The Morgan fingerprint density at radius 1 is 1.47 bits per heavy atom. The lowest BCUT2D eigenvalue weighted by molar-refractivity contribution is 0.0911. The van der Waals surface area contributed by atoms with Crippen LogP contribution in [0.2, 0.25) is 0 Å². The number of nitrogens with zero attached hydrogens (tertiary/aromatic N) is 2. The van der Waals surface area contributed by atoms with Gasteiger partial charge in [-0.05, 0) is 25.7 Å². The molecule has 0 aliphatic heterocycles. The molecule has 92 valence electrons. The van der Waals surface area contributed by atoms with Gasteiger partial charge in [-0.2, -0.15) is 0 Å². The SMILES string of the molecule is CCCNc1cncc(C(=O)NC2CCC2)n1. The van der Waals surface area contributed by atoms with Gasteiger partial charge in [0.15, 0.2) is 0 Å². The van der Waals surface area contributed by atoms with E-state index < -0.39 is 0 Å². The molecule has 0 spiro atoms. The molecule has 0 saturated heterocycles. The summed E-state index contributed by atoms with van der Waals surface area (Å²) in [5.41, 5.74) is 0.387. The zero-order valence-corrected chi connectivity index (χ0v) is 10.1. The number of rotatable bonds is 5. The lowest BCUT2D eigenvalue weighted by atomic mass is 9.93. The molecule has 1 aromatic rings. The topological polar surface area (TPSA) is 66.9 Å². The summed E-state index contributed by atoms with van der Waals surface area (Å²) in [5.74, 6) is 0.537. The lowest BCUT2D eigenvalue weighted by Crippen LogP contribution is -2.39. The van der Waals surface area contributed by atoms with Crippen LogP contribution >= 0.6 is 0 Å². The average molecular weight is 234 g/mol. The number of carbonyl (C=O) groups excluding carboxylic acids is 1. The van der Waals surface area contributed by atoms with Crippen molar-refractivity contribution in [3.05, 3.63) is 18.1 Å². The van der Waals surface area contributed by atoms with Crippen LogP contribution in [-0.4, -0.2) is 28.5 Å². The van der Waals surface area contributed by atoms with Crippen molar-refractivity contribution < 1.29 is 4.79 Å². The molecule has 17 heavy (non-hydrogen) atoms. The minimum Gasteiger partial charge on any atom is -0.369 e. The van der Waals surface area contributed by atoms with Crippen LogP contribution in [0, 0.1) is 0 Å². The van der Waals surface area contributed by atoms with Crippen LogP contribution in [0.3, 0.4) is 0 Å². The maximum Gasteiger partial charge on any atom is 0.271 e. The fraction of sp³-hybridized carbons (Fsp3) is 0.583. The van der Waals surface area contributed by atoms with Gasteiger partial charge in [-0.15, -0.1) is 0 Å². The van der Waals surface area contributed by atoms with E-state index in [1.807, 2.05) is 0 Å². The Labute approximate surface area is 101 Å². The van der Waals surface area contributed by atoms with Crippen LogP contribution in [0.25, 0.3) is 0 Å². The summed E-state index contributed by atoms with van der Waals surface area (Å²) in [6.45, 7) is 2.91. The van der Waals surface area contributed by atoms with Gasteiger partial charge >= 0.3 is 0 Å². The molecule has 1 saturated carbocycles. The molecular formula is C12H18N4O. The summed E-state index contributed by atoms with van der Waals surface area (Å²) >= 11 is 0. The van der Waals surface area contributed by atoms with Crippen molar-refractivity contribution in [3.8, 4) is 0 Å². The molecule has 1 aliphatic rings. The fourth-order valence-electron chi connectivity index (χ4n) is 1.63. The second-order valence-electron chi connectivity index (χ2n) is 4.32. The van der Waals surface area contributed by atoms with Crippen LogP contribution in [0.1, 0.15) is 43.1 Å². The van der Waals surface area contributed by atoms with Gasteiger partial charge in [-0.25, -0.2) is 4.98 Å². The highest BCUT2D eigenvalue weighted by Gasteiger charge is 2.20. The van der Waals surface area contributed by atoms with Crippen LogP contribution in [0.5, 0.6) is 0 Å². The summed E-state index contributed by atoms with van der Waals surface area (Å²) in [4.78, 5) is 20.1. The summed E-state index contributed by atoms with van der Waals surface area (Å²) in [6, 6.07) is 0.330. The number of hydrogen-bond acceptors (Lipinski definition) is 4. The van der Waals surface area contributed by atoms with Gasteiger partial charge in [-0.1, -0.05) is 6.92 Å². The maximum absolute atomic E-state index is 11.8. The summed E-state index contributed by atoms with van der Waals surface area (Å²) in [7, 11) is 0. The van der Waals surface area contributed by atoms with E-state index in [9.17, 15) is 4.79 Å². The van der Waals surface area contributed by atoms with Gasteiger partial charge in [0.05, 0.1) is 12.4 Å². The van der Waals surface area contributed by atoms with Crippen molar-refractivity contribution in [2.24, 2.45) is 0 Å². The first kappa shape index (κ1) is 11.8. The molecule has 1 amide bonds. The van der Waals surface area contributed by atoms with E-state index in [0.717, 1.165) is 25.8 Å². The highest BCUT2D eigenvalue weighted by molar-refractivity contribution is 5.92. The third-order valence-corrected chi connectivity index (χ3v) is 2.86. The maximum atomic E-state index is 11.8. The van der Waals surface area contributed by atoms with Gasteiger partial charge in [0.2, 0.25) is 0 Å². The third kappa shape index (κ3) is 3.15. The quantitative estimate of drug-likeness (QED) is 0.811. The zero-order valence-electron chi connectivity index (χ0n) is 10.1. The largest absolute Gasteiger partial charge is 0.369 e. The van der Waals surface area contributed by atoms with Gasteiger partial charge in [0, 0.05) is 12.6 Å². The fourth-order valence-corrected chi connectivity index (χ4v) is 1.63. The summed E-state index contributed by atoms with van der Waals surface area (Å²) < 4.78 is 0. The number of aromatic nitrogens is 2. The molecule has 1 aromatic heterocycles. The number of anilines is 1. The first-order chi connectivity index (χ1) is 8.29. The Kier molecular flexibility index (Phi) is 3.90. The normalized spacial score (nSPS) is 15.1. The molecule has 0 unspecified atom stereocenters. The van der Waals surface area contributed by atoms with E-state index in [2.05, 4.69) is 27.5 Å². The number of amides is 1. The average Bonchev–Trinajstić information content (AvgIpc) is 2.31. The Morgan fingerprint density at radius 2 is 2.29 bits per heavy atom. The molecule has 2 rings (SSSR count). The van der Waals surface area contributed by atoms with Gasteiger partial charge in [-0.3, -0.25) is 9.78 Å². The second kappa shape index (κ2) is 5.61. The first-order valence-electron chi connectivity index (χ1n) is 6.16. The van der Waals surface area contributed by atoms with Crippen LogP contribution < -0.4 is 10.6 Å². The number of hydrogen-bond donors (Lipinski definition) is 2. The molecule has 0 atom stereocenters. The van der Waals surface area contributed by atoms with E-state index in [-0.39, 0.29) is 5.91 Å². The monoisotopic (exact) mass is 234 g/mol. The first-order valence-corrected chi connectivity index (χ1v) is 6.16.